The third kappa shape index (κ3) is 2.92. The van der Waals surface area contributed by atoms with E-state index in [2.05, 4.69) is 18.2 Å². The van der Waals surface area contributed by atoms with Crippen LogP contribution in [0.25, 0.3) is 0 Å². The summed E-state index contributed by atoms with van der Waals surface area (Å²) in [6, 6.07) is 4.62. The largest absolute Gasteiger partial charge is 0.461 e. The van der Waals surface area contributed by atoms with Crippen molar-refractivity contribution in [3.8, 4) is 12.1 Å². The van der Waals surface area contributed by atoms with Gasteiger partial charge in [-0.25, -0.2) is 0 Å². The molecule has 0 aromatic carbocycles. The number of nitriles is 2. The number of esters is 1. The minimum atomic E-state index is -1.29. The Labute approximate surface area is 169 Å². The fraction of sp³-hybridized carbons (Fsp3) is 0.636. The fourth-order valence-corrected chi connectivity index (χ4v) is 5.37. The minimum Gasteiger partial charge on any atom is -0.461 e. The molecular weight excluding hydrogens is 372 g/mol. The first-order valence-electron chi connectivity index (χ1n) is 9.98. The molecule has 3 aliphatic carbocycles. The van der Waals surface area contributed by atoms with Gasteiger partial charge in [0.05, 0.1) is 25.4 Å². The van der Waals surface area contributed by atoms with E-state index >= 15 is 0 Å². The smallest absolute Gasteiger partial charge is 0.302 e. The van der Waals surface area contributed by atoms with Crippen molar-refractivity contribution in [3.63, 3.8) is 0 Å². The molecule has 0 N–H and O–H groups in total. The minimum absolute atomic E-state index is 0.111. The van der Waals surface area contributed by atoms with Crippen LogP contribution in [0, 0.1) is 39.4 Å². The number of carbonyl (C=O) groups excluding carboxylic acids is 2. The van der Waals surface area contributed by atoms with E-state index in [1.807, 2.05) is 6.92 Å². The lowest BCUT2D eigenvalue weighted by atomic mass is 9.52. The Morgan fingerprint density at radius 1 is 1.28 bits per heavy atom. The Bertz CT molecular complexity index is 898. The van der Waals surface area contributed by atoms with Crippen LogP contribution in [0.15, 0.2) is 22.8 Å². The molecule has 1 aliphatic heterocycles. The quantitative estimate of drug-likeness (QED) is 0.660. The highest BCUT2D eigenvalue weighted by Gasteiger charge is 2.61. The van der Waals surface area contributed by atoms with E-state index in [0.29, 0.717) is 43.6 Å². The van der Waals surface area contributed by atoms with Gasteiger partial charge >= 0.3 is 5.97 Å². The van der Waals surface area contributed by atoms with E-state index in [1.54, 1.807) is 0 Å². The molecule has 29 heavy (non-hydrogen) atoms. The van der Waals surface area contributed by atoms with Gasteiger partial charge in [0.1, 0.15) is 6.61 Å². The summed E-state index contributed by atoms with van der Waals surface area (Å²) in [4.78, 5) is 23.9. The monoisotopic (exact) mass is 396 g/mol. The first kappa shape index (κ1) is 19.8. The molecule has 0 bridgehead atoms. The average molecular weight is 396 g/mol. The zero-order chi connectivity index (χ0) is 20.9. The van der Waals surface area contributed by atoms with Crippen LogP contribution in [-0.4, -0.2) is 37.4 Å². The molecular formula is C22H24N2O5. The molecule has 0 aromatic heterocycles. The van der Waals surface area contributed by atoms with Crippen molar-refractivity contribution >= 4 is 11.8 Å². The SMILES string of the molecule is CC(=O)OCC1=C2CC(C#N)(C#N)C3(C)CCC4(C[C@H]3C=C2CC1=O)OCCO4. The standard InChI is InChI=1S/C22H24N2O5/c1-14(25)27-11-18-17-10-21(12-23,13-24)20(2)3-4-22(28-5-6-29-22)9-16(20)7-15(17)8-19(18)26/h7,16H,3-6,8-11H2,1-2H3/t16-,20?/m1/s1. The van der Waals surface area contributed by atoms with Gasteiger partial charge in [-0.05, 0) is 23.5 Å². The number of allylic oxidation sites excluding steroid dienone is 3. The highest BCUT2D eigenvalue weighted by atomic mass is 16.7. The summed E-state index contributed by atoms with van der Waals surface area (Å²) in [6.07, 6.45) is 4.22. The zero-order valence-corrected chi connectivity index (χ0v) is 16.7. The summed E-state index contributed by atoms with van der Waals surface area (Å²) in [5.74, 6) is -1.39. The number of carbonyl (C=O) groups is 2. The lowest BCUT2D eigenvalue weighted by Crippen LogP contribution is -2.51. The van der Waals surface area contributed by atoms with E-state index < -0.39 is 22.6 Å². The van der Waals surface area contributed by atoms with Gasteiger partial charge < -0.3 is 14.2 Å². The first-order chi connectivity index (χ1) is 13.8. The molecule has 7 nitrogen and oxygen atoms in total. The van der Waals surface area contributed by atoms with E-state index in [-0.39, 0.29) is 31.1 Å². The van der Waals surface area contributed by atoms with Crippen molar-refractivity contribution in [2.45, 2.75) is 51.7 Å². The molecule has 1 spiro atoms. The predicted octanol–water partition coefficient (Wildman–Crippen LogP) is 2.73. The normalized spacial score (nSPS) is 31.9. The van der Waals surface area contributed by atoms with Crippen molar-refractivity contribution in [3.05, 3.63) is 22.8 Å². The second kappa shape index (κ2) is 6.79. The molecule has 152 valence electrons. The molecule has 0 aromatic rings. The van der Waals surface area contributed by atoms with Crippen LogP contribution in [0.4, 0.5) is 0 Å². The molecule has 4 rings (SSSR count). The fourth-order valence-electron chi connectivity index (χ4n) is 5.37. The molecule has 0 amide bonds. The molecule has 0 radical (unpaired) electrons. The van der Waals surface area contributed by atoms with Crippen molar-refractivity contribution < 1.29 is 23.8 Å². The predicted molar refractivity (Wildman–Crippen MR) is 99.7 cm³/mol. The van der Waals surface area contributed by atoms with Gasteiger partial charge in [0.2, 0.25) is 0 Å². The van der Waals surface area contributed by atoms with Gasteiger partial charge in [-0.3, -0.25) is 9.59 Å². The van der Waals surface area contributed by atoms with Gasteiger partial charge in [0.25, 0.3) is 0 Å². The number of ether oxygens (including phenoxy) is 3. The average Bonchev–Trinajstić information content (AvgIpc) is 3.23. The number of hydrogen-bond donors (Lipinski definition) is 0. The van der Waals surface area contributed by atoms with Crippen LogP contribution in [0.3, 0.4) is 0 Å². The summed E-state index contributed by atoms with van der Waals surface area (Å²) in [5.41, 5.74) is 0.0499. The van der Waals surface area contributed by atoms with Gasteiger partial charge in [-0.2, -0.15) is 10.5 Å². The lowest BCUT2D eigenvalue weighted by Gasteiger charge is -2.50. The van der Waals surface area contributed by atoms with Gasteiger partial charge in [0, 0.05) is 43.6 Å². The van der Waals surface area contributed by atoms with Crippen molar-refractivity contribution in [2.75, 3.05) is 19.8 Å². The second-order valence-electron chi connectivity index (χ2n) is 8.67. The van der Waals surface area contributed by atoms with E-state index in [9.17, 15) is 20.1 Å². The first-order valence-corrected chi connectivity index (χ1v) is 9.98. The van der Waals surface area contributed by atoms with E-state index in [4.69, 9.17) is 14.2 Å². The van der Waals surface area contributed by atoms with Crippen LogP contribution < -0.4 is 0 Å². The third-order valence-corrected chi connectivity index (χ3v) is 7.25. The van der Waals surface area contributed by atoms with Crippen molar-refractivity contribution in [1.29, 1.82) is 10.5 Å². The number of fused-ring (bicyclic) bond motifs is 2. The molecule has 2 atom stereocenters. The van der Waals surface area contributed by atoms with Crippen molar-refractivity contribution in [2.24, 2.45) is 16.7 Å². The molecule has 2 fully saturated rings. The Morgan fingerprint density at radius 2 is 1.97 bits per heavy atom. The number of hydrogen-bond acceptors (Lipinski definition) is 7. The maximum Gasteiger partial charge on any atom is 0.302 e. The number of Topliss-reactive ketones (excluding diaryl/α,β-unsaturated/α-hetero) is 1. The Balaban J connectivity index is 1.81. The van der Waals surface area contributed by atoms with Crippen LogP contribution in [0.2, 0.25) is 0 Å². The Morgan fingerprint density at radius 3 is 2.59 bits per heavy atom. The molecule has 1 saturated carbocycles. The second-order valence-corrected chi connectivity index (χ2v) is 8.67. The maximum absolute atomic E-state index is 12.6. The van der Waals surface area contributed by atoms with Crippen LogP contribution in [-0.2, 0) is 23.8 Å². The Kier molecular flexibility index (Phi) is 4.64. The molecule has 1 unspecified atom stereocenters. The molecule has 7 heteroatoms. The summed E-state index contributed by atoms with van der Waals surface area (Å²) in [6.45, 7) is 4.25. The van der Waals surface area contributed by atoms with E-state index in [0.717, 1.165) is 5.57 Å². The highest BCUT2D eigenvalue weighted by molar-refractivity contribution is 6.03. The Hall–Kier alpha value is -2.48. The maximum atomic E-state index is 12.6. The summed E-state index contributed by atoms with van der Waals surface area (Å²) < 4.78 is 16.9. The van der Waals surface area contributed by atoms with Gasteiger partial charge in [-0.15, -0.1) is 0 Å². The summed E-state index contributed by atoms with van der Waals surface area (Å²) in [7, 11) is 0. The summed E-state index contributed by atoms with van der Waals surface area (Å²) in [5, 5.41) is 20.3. The van der Waals surface area contributed by atoms with Gasteiger partial charge in [0.15, 0.2) is 17.0 Å². The molecule has 1 saturated heterocycles. The van der Waals surface area contributed by atoms with Gasteiger partial charge in [-0.1, -0.05) is 13.0 Å². The summed E-state index contributed by atoms with van der Waals surface area (Å²) >= 11 is 0. The zero-order valence-electron chi connectivity index (χ0n) is 16.7. The van der Waals surface area contributed by atoms with Crippen LogP contribution >= 0.6 is 0 Å². The van der Waals surface area contributed by atoms with Crippen molar-refractivity contribution in [1.82, 2.24) is 0 Å². The topological polar surface area (TPSA) is 109 Å². The molecule has 4 aliphatic rings. The molecule has 1 heterocycles. The number of rotatable bonds is 2. The van der Waals surface area contributed by atoms with Crippen LogP contribution in [0.5, 0.6) is 0 Å². The third-order valence-electron chi connectivity index (χ3n) is 7.25. The van der Waals surface area contributed by atoms with Crippen LogP contribution in [0.1, 0.15) is 46.0 Å². The highest BCUT2D eigenvalue weighted by Crippen LogP contribution is 2.62. The lowest BCUT2D eigenvalue weighted by molar-refractivity contribution is -0.207. The number of ketones is 1. The number of nitrogens with zero attached hydrogens (tertiary/aromatic N) is 2. The van der Waals surface area contributed by atoms with E-state index in [1.165, 1.54) is 6.92 Å².